The number of H-pyrrole nitrogens is 1. The molecule has 0 aliphatic carbocycles. The number of methoxy groups -OCH3 is 1. The average Bonchev–Trinajstić information content (AvgIpc) is 2.75. The van der Waals surface area contributed by atoms with Crippen molar-refractivity contribution in [3.05, 3.63) is 12.0 Å². The summed E-state index contributed by atoms with van der Waals surface area (Å²) in [7, 11) is -1.92. The second-order valence-corrected chi connectivity index (χ2v) is 5.53. The number of rotatable bonds is 7. The van der Waals surface area contributed by atoms with Crippen LogP contribution in [0.15, 0.2) is 11.2 Å². The van der Waals surface area contributed by atoms with Crippen LogP contribution in [-0.4, -0.2) is 38.1 Å². The number of aromatic amines is 1. The van der Waals surface area contributed by atoms with E-state index in [0.717, 1.165) is 0 Å². The zero-order valence-corrected chi connectivity index (χ0v) is 11.2. The van der Waals surface area contributed by atoms with Crippen LogP contribution in [0.1, 0.15) is 26.1 Å². The molecule has 6 nitrogen and oxygen atoms in total. The molecule has 0 radical (unpaired) electrons. The van der Waals surface area contributed by atoms with E-state index < -0.39 is 10.0 Å². The van der Waals surface area contributed by atoms with Gasteiger partial charge in [0.05, 0.1) is 6.20 Å². The average molecular weight is 261 g/mol. The number of hydrogen-bond acceptors (Lipinski definition) is 4. The first-order valence-electron chi connectivity index (χ1n) is 5.54. The van der Waals surface area contributed by atoms with Crippen LogP contribution in [0.5, 0.6) is 0 Å². The predicted octanol–water partition coefficient (Wildman–Crippen LogP) is 0.675. The fourth-order valence-electron chi connectivity index (χ4n) is 1.34. The van der Waals surface area contributed by atoms with E-state index in [-0.39, 0.29) is 11.1 Å². The number of ether oxygens (including phenoxy) is 1. The van der Waals surface area contributed by atoms with Gasteiger partial charge in [0.1, 0.15) is 5.82 Å². The molecular weight excluding hydrogens is 242 g/mol. The molecule has 1 unspecified atom stereocenters. The van der Waals surface area contributed by atoms with Crippen LogP contribution < -0.4 is 4.72 Å². The quantitative estimate of drug-likeness (QED) is 0.756. The van der Waals surface area contributed by atoms with Gasteiger partial charge in [-0.1, -0.05) is 6.92 Å². The molecule has 1 rings (SSSR count). The van der Waals surface area contributed by atoms with Crippen molar-refractivity contribution in [3.8, 4) is 0 Å². The van der Waals surface area contributed by atoms with Gasteiger partial charge in [-0.15, -0.1) is 0 Å². The molecule has 7 heteroatoms. The molecule has 17 heavy (non-hydrogen) atoms. The summed E-state index contributed by atoms with van der Waals surface area (Å²) in [4.78, 5) is 6.74. The van der Waals surface area contributed by atoms with Gasteiger partial charge in [0, 0.05) is 26.2 Å². The van der Waals surface area contributed by atoms with Gasteiger partial charge in [0.15, 0.2) is 5.03 Å². The molecular formula is C10H19N3O3S. The molecule has 0 fully saturated rings. The Bertz CT molecular complexity index is 441. The van der Waals surface area contributed by atoms with Crippen molar-refractivity contribution < 1.29 is 13.2 Å². The Morgan fingerprint density at radius 3 is 2.82 bits per heavy atom. The molecule has 1 atom stereocenters. The Labute approximate surface area is 102 Å². The van der Waals surface area contributed by atoms with Crippen LogP contribution in [0.4, 0.5) is 0 Å². The molecule has 1 aromatic rings. The minimum absolute atomic E-state index is 0.110. The Morgan fingerprint density at radius 1 is 1.59 bits per heavy atom. The van der Waals surface area contributed by atoms with Crippen LogP contribution in [0.25, 0.3) is 0 Å². The van der Waals surface area contributed by atoms with Gasteiger partial charge in [-0.25, -0.2) is 18.1 Å². The number of sulfonamides is 1. The summed E-state index contributed by atoms with van der Waals surface area (Å²) >= 11 is 0. The maximum absolute atomic E-state index is 11.9. The van der Waals surface area contributed by atoms with Crippen molar-refractivity contribution in [1.29, 1.82) is 0 Å². The van der Waals surface area contributed by atoms with Crippen molar-refractivity contribution in [1.82, 2.24) is 14.7 Å². The zero-order valence-electron chi connectivity index (χ0n) is 10.4. The number of hydrogen-bond donors (Lipinski definition) is 2. The summed E-state index contributed by atoms with van der Waals surface area (Å²) in [5.74, 6) is 0.662. The Hall–Kier alpha value is -0.920. The van der Waals surface area contributed by atoms with Gasteiger partial charge >= 0.3 is 0 Å². The number of aryl methyl sites for hydroxylation is 1. The van der Waals surface area contributed by atoms with Gasteiger partial charge < -0.3 is 9.72 Å². The van der Waals surface area contributed by atoms with Crippen molar-refractivity contribution in [2.75, 3.05) is 13.7 Å². The van der Waals surface area contributed by atoms with E-state index in [4.69, 9.17) is 4.74 Å². The first-order valence-corrected chi connectivity index (χ1v) is 7.03. The highest BCUT2D eigenvalue weighted by Crippen LogP contribution is 2.07. The smallest absolute Gasteiger partial charge is 0.257 e. The van der Waals surface area contributed by atoms with Crippen molar-refractivity contribution in [3.63, 3.8) is 0 Å². The van der Waals surface area contributed by atoms with Crippen LogP contribution >= 0.6 is 0 Å². The summed E-state index contributed by atoms with van der Waals surface area (Å²) < 4.78 is 31.3. The molecule has 0 amide bonds. The molecule has 0 aromatic carbocycles. The first kappa shape index (κ1) is 14.1. The molecule has 0 bridgehead atoms. The lowest BCUT2D eigenvalue weighted by Gasteiger charge is -2.12. The Kier molecular flexibility index (Phi) is 5.10. The molecule has 0 saturated heterocycles. The number of nitrogens with zero attached hydrogens (tertiary/aromatic N) is 1. The van der Waals surface area contributed by atoms with E-state index in [2.05, 4.69) is 14.7 Å². The summed E-state index contributed by atoms with van der Waals surface area (Å²) in [6, 6.07) is -0.173. The number of aromatic nitrogens is 2. The maximum atomic E-state index is 11.9. The van der Waals surface area contributed by atoms with Crippen LogP contribution in [0.3, 0.4) is 0 Å². The molecule has 98 valence electrons. The standard InChI is InChI=1S/C10H19N3O3S/c1-4-9-11-7-10(12-9)17(14,15)13-8(2)5-6-16-3/h7-8,13H,4-6H2,1-3H3,(H,11,12). The van der Waals surface area contributed by atoms with E-state index in [1.54, 1.807) is 14.0 Å². The molecule has 2 N–H and O–H groups in total. The number of nitrogens with one attached hydrogen (secondary N) is 2. The van der Waals surface area contributed by atoms with Crippen molar-refractivity contribution in [2.24, 2.45) is 0 Å². The normalized spacial score (nSPS) is 13.8. The second-order valence-electron chi connectivity index (χ2n) is 3.85. The SMILES string of the molecule is CCc1ncc(S(=O)(=O)NC(C)CCOC)[nH]1. The third-order valence-corrected chi connectivity index (χ3v) is 3.84. The largest absolute Gasteiger partial charge is 0.385 e. The van der Waals surface area contributed by atoms with E-state index in [9.17, 15) is 8.42 Å². The number of imidazole rings is 1. The lowest BCUT2D eigenvalue weighted by molar-refractivity contribution is 0.188. The minimum Gasteiger partial charge on any atom is -0.385 e. The summed E-state index contributed by atoms with van der Waals surface area (Å²) in [6.45, 7) is 4.23. The van der Waals surface area contributed by atoms with E-state index in [0.29, 0.717) is 25.3 Å². The molecule has 0 spiro atoms. The predicted molar refractivity (Wildman–Crippen MR) is 64.2 cm³/mol. The van der Waals surface area contributed by atoms with Crippen molar-refractivity contribution in [2.45, 2.75) is 37.8 Å². The maximum Gasteiger partial charge on any atom is 0.257 e. The highest BCUT2D eigenvalue weighted by Gasteiger charge is 2.19. The molecule has 0 aliphatic heterocycles. The molecule has 0 saturated carbocycles. The van der Waals surface area contributed by atoms with E-state index in [1.165, 1.54) is 6.20 Å². The van der Waals surface area contributed by atoms with Gasteiger partial charge in [-0.3, -0.25) is 0 Å². The minimum atomic E-state index is -3.50. The van der Waals surface area contributed by atoms with E-state index >= 15 is 0 Å². The molecule has 1 aromatic heterocycles. The summed E-state index contributed by atoms with van der Waals surface area (Å²) in [6.07, 6.45) is 2.64. The monoisotopic (exact) mass is 261 g/mol. The second kappa shape index (κ2) is 6.13. The Balaban J connectivity index is 2.68. The third-order valence-electron chi connectivity index (χ3n) is 2.34. The van der Waals surface area contributed by atoms with Crippen LogP contribution in [0, 0.1) is 0 Å². The van der Waals surface area contributed by atoms with Gasteiger partial charge in [-0.2, -0.15) is 0 Å². The Morgan fingerprint density at radius 2 is 2.29 bits per heavy atom. The lowest BCUT2D eigenvalue weighted by atomic mass is 10.3. The van der Waals surface area contributed by atoms with Gasteiger partial charge in [0.25, 0.3) is 10.0 Å². The fraction of sp³-hybridized carbons (Fsp3) is 0.700. The highest BCUT2D eigenvalue weighted by atomic mass is 32.2. The van der Waals surface area contributed by atoms with Crippen LogP contribution in [0.2, 0.25) is 0 Å². The summed E-state index contributed by atoms with van der Waals surface area (Å²) in [5, 5.41) is 0.110. The van der Waals surface area contributed by atoms with Crippen molar-refractivity contribution >= 4 is 10.0 Å². The van der Waals surface area contributed by atoms with Crippen LogP contribution in [-0.2, 0) is 21.2 Å². The molecule has 1 heterocycles. The topological polar surface area (TPSA) is 84.1 Å². The fourth-order valence-corrected chi connectivity index (χ4v) is 2.56. The highest BCUT2D eigenvalue weighted by molar-refractivity contribution is 7.89. The zero-order chi connectivity index (χ0) is 12.9. The van der Waals surface area contributed by atoms with Gasteiger partial charge in [-0.05, 0) is 13.3 Å². The summed E-state index contributed by atoms with van der Waals surface area (Å²) in [5.41, 5.74) is 0. The third kappa shape index (κ3) is 4.10. The molecule has 0 aliphatic rings. The van der Waals surface area contributed by atoms with E-state index in [1.807, 2.05) is 6.92 Å². The van der Waals surface area contributed by atoms with Gasteiger partial charge in [0.2, 0.25) is 0 Å². The first-order chi connectivity index (χ1) is 7.99. The lowest BCUT2D eigenvalue weighted by Crippen LogP contribution is -2.33.